The molecule has 0 saturated carbocycles. The van der Waals surface area contributed by atoms with Crippen molar-refractivity contribution in [2.24, 2.45) is 5.92 Å². The van der Waals surface area contributed by atoms with Crippen LogP contribution in [0.3, 0.4) is 0 Å². The van der Waals surface area contributed by atoms with E-state index >= 15 is 0 Å². The molecule has 0 aliphatic carbocycles. The number of hydrogen-bond acceptors (Lipinski definition) is 3. The zero-order valence-electron chi connectivity index (χ0n) is 15.1. The highest BCUT2D eigenvalue weighted by Gasteiger charge is 2.20. The number of fused-ring (bicyclic) bond motifs is 1. The minimum absolute atomic E-state index is 0.212. The molecule has 2 heterocycles. The van der Waals surface area contributed by atoms with Gasteiger partial charge in [-0.3, -0.25) is 4.79 Å². The zero-order valence-corrected chi connectivity index (χ0v) is 15.9. The molecule has 2 aromatic carbocycles. The van der Waals surface area contributed by atoms with Crippen LogP contribution < -0.4 is 5.56 Å². The quantitative estimate of drug-likeness (QED) is 0.495. The van der Waals surface area contributed by atoms with Crippen LogP contribution in [0.2, 0.25) is 5.02 Å². The summed E-state index contributed by atoms with van der Waals surface area (Å²) in [6, 6.07) is 17.1. The summed E-state index contributed by atoms with van der Waals surface area (Å²) >= 11 is 6.25. The maximum Gasteiger partial charge on any atom is 0.260 e. The molecule has 0 radical (unpaired) electrons. The standard InChI is InChI=1S/C22H19ClN2O2/c1-13(2)10-16-12-19(27-25-16)21-20(14-6-4-3-5-7-14)17-11-15(23)8-9-18(17)24-22(21)26/h3-9,11-13H,10H2,1-2H3,(H,24,26). The molecule has 136 valence electrons. The number of halogens is 1. The average molecular weight is 379 g/mol. The summed E-state index contributed by atoms with van der Waals surface area (Å²) < 4.78 is 5.57. The fraction of sp³-hybridized carbons (Fsp3) is 0.182. The highest BCUT2D eigenvalue weighted by molar-refractivity contribution is 6.31. The van der Waals surface area contributed by atoms with Crippen molar-refractivity contribution >= 4 is 22.5 Å². The smallest absolute Gasteiger partial charge is 0.260 e. The van der Waals surface area contributed by atoms with E-state index in [1.165, 1.54) is 0 Å². The van der Waals surface area contributed by atoms with Crippen molar-refractivity contribution in [3.8, 4) is 22.5 Å². The Kier molecular flexibility index (Phi) is 4.58. The number of rotatable bonds is 4. The Balaban J connectivity index is 2.03. The average Bonchev–Trinajstić information content (AvgIpc) is 3.09. The van der Waals surface area contributed by atoms with Crippen LogP contribution in [-0.4, -0.2) is 10.1 Å². The van der Waals surface area contributed by atoms with Crippen molar-refractivity contribution in [2.45, 2.75) is 20.3 Å². The van der Waals surface area contributed by atoms with Crippen molar-refractivity contribution < 1.29 is 4.52 Å². The molecule has 0 saturated heterocycles. The summed E-state index contributed by atoms with van der Waals surface area (Å²) in [6.07, 6.45) is 0.793. The Bertz CT molecular complexity index is 1160. The van der Waals surface area contributed by atoms with Crippen molar-refractivity contribution in [1.82, 2.24) is 10.1 Å². The van der Waals surface area contributed by atoms with Crippen molar-refractivity contribution in [2.75, 3.05) is 0 Å². The first-order valence-corrected chi connectivity index (χ1v) is 9.27. The molecule has 0 aliphatic heterocycles. The molecule has 4 rings (SSSR count). The van der Waals surface area contributed by atoms with E-state index in [0.29, 0.717) is 22.3 Å². The fourth-order valence-electron chi connectivity index (χ4n) is 3.35. The van der Waals surface area contributed by atoms with Crippen LogP contribution in [0, 0.1) is 5.92 Å². The maximum atomic E-state index is 13.0. The number of hydrogen-bond donors (Lipinski definition) is 1. The molecule has 27 heavy (non-hydrogen) atoms. The summed E-state index contributed by atoms with van der Waals surface area (Å²) in [4.78, 5) is 15.9. The van der Waals surface area contributed by atoms with Crippen molar-refractivity contribution in [1.29, 1.82) is 0 Å². The molecular formula is C22H19ClN2O2. The minimum Gasteiger partial charge on any atom is -0.356 e. The fourth-order valence-corrected chi connectivity index (χ4v) is 3.52. The van der Waals surface area contributed by atoms with Gasteiger partial charge in [0, 0.05) is 27.6 Å². The van der Waals surface area contributed by atoms with E-state index in [4.69, 9.17) is 16.1 Å². The van der Waals surface area contributed by atoms with E-state index in [0.717, 1.165) is 34.1 Å². The second-order valence-corrected chi connectivity index (χ2v) is 7.48. The minimum atomic E-state index is -0.212. The van der Waals surface area contributed by atoms with Gasteiger partial charge >= 0.3 is 0 Å². The highest BCUT2D eigenvalue weighted by Crippen LogP contribution is 2.36. The van der Waals surface area contributed by atoms with Gasteiger partial charge in [-0.15, -0.1) is 0 Å². The van der Waals surface area contributed by atoms with E-state index in [1.54, 1.807) is 6.07 Å². The van der Waals surface area contributed by atoms with Gasteiger partial charge in [-0.05, 0) is 36.1 Å². The summed E-state index contributed by atoms with van der Waals surface area (Å²) in [5, 5.41) is 5.63. The van der Waals surface area contributed by atoms with Gasteiger partial charge < -0.3 is 9.51 Å². The summed E-state index contributed by atoms with van der Waals surface area (Å²) in [6.45, 7) is 4.24. The van der Waals surface area contributed by atoms with Gasteiger partial charge in [-0.25, -0.2) is 0 Å². The van der Waals surface area contributed by atoms with Crippen LogP contribution in [0.15, 0.2) is 63.9 Å². The second kappa shape index (κ2) is 7.05. The third-order valence-corrected chi connectivity index (χ3v) is 4.70. The lowest BCUT2D eigenvalue weighted by Crippen LogP contribution is -2.11. The number of H-pyrrole nitrogens is 1. The number of aromatic amines is 1. The van der Waals surface area contributed by atoms with E-state index < -0.39 is 0 Å². The van der Waals surface area contributed by atoms with Crippen LogP contribution in [0.25, 0.3) is 33.4 Å². The second-order valence-electron chi connectivity index (χ2n) is 7.04. The van der Waals surface area contributed by atoms with E-state index in [1.807, 2.05) is 48.5 Å². The predicted molar refractivity (Wildman–Crippen MR) is 109 cm³/mol. The lowest BCUT2D eigenvalue weighted by Gasteiger charge is -2.11. The molecule has 0 fully saturated rings. The van der Waals surface area contributed by atoms with Gasteiger partial charge in [0.15, 0.2) is 5.76 Å². The Morgan fingerprint density at radius 3 is 2.59 bits per heavy atom. The topological polar surface area (TPSA) is 58.9 Å². The Hall–Kier alpha value is -2.85. The van der Waals surface area contributed by atoms with E-state index in [9.17, 15) is 4.79 Å². The van der Waals surface area contributed by atoms with Gasteiger partial charge in [0.25, 0.3) is 5.56 Å². The Morgan fingerprint density at radius 1 is 1.07 bits per heavy atom. The molecule has 2 aromatic heterocycles. The Morgan fingerprint density at radius 2 is 1.85 bits per heavy atom. The first kappa shape index (κ1) is 17.6. The Labute approximate surface area is 161 Å². The molecular weight excluding hydrogens is 360 g/mol. The third kappa shape index (κ3) is 3.40. The molecule has 0 bridgehead atoms. The van der Waals surface area contributed by atoms with Gasteiger partial charge in [0.2, 0.25) is 0 Å². The lowest BCUT2D eigenvalue weighted by molar-refractivity contribution is 0.418. The van der Waals surface area contributed by atoms with Crippen LogP contribution in [0.5, 0.6) is 0 Å². The number of nitrogens with zero attached hydrogens (tertiary/aromatic N) is 1. The molecule has 5 heteroatoms. The lowest BCUT2D eigenvalue weighted by atomic mass is 9.94. The van der Waals surface area contributed by atoms with Crippen LogP contribution in [0.4, 0.5) is 0 Å². The molecule has 0 unspecified atom stereocenters. The summed E-state index contributed by atoms with van der Waals surface area (Å²) in [5.74, 6) is 0.915. The first-order chi connectivity index (χ1) is 13.0. The number of aromatic nitrogens is 2. The monoisotopic (exact) mass is 378 g/mol. The number of benzene rings is 2. The van der Waals surface area contributed by atoms with Gasteiger partial charge in [-0.1, -0.05) is 60.9 Å². The predicted octanol–water partition coefficient (Wildman–Crippen LogP) is 5.70. The first-order valence-electron chi connectivity index (χ1n) is 8.90. The largest absolute Gasteiger partial charge is 0.356 e. The summed E-state index contributed by atoms with van der Waals surface area (Å²) in [7, 11) is 0. The van der Waals surface area contributed by atoms with Crippen LogP contribution in [-0.2, 0) is 6.42 Å². The third-order valence-electron chi connectivity index (χ3n) is 4.46. The molecule has 4 aromatic rings. The van der Waals surface area contributed by atoms with Crippen molar-refractivity contribution in [3.63, 3.8) is 0 Å². The number of nitrogens with one attached hydrogen (secondary N) is 1. The molecule has 1 N–H and O–H groups in total. The van der Waals surface area contributed by atoms with Crippen molar-refractivity contribution in [3.05, 3.63) is 75.7 Å². The molecule has 0 spiro atoms. The summed E-state index contributed by atoms with van der Waals surface area (Å²) in [5.41, 5.74) is 3.55. The van der Waals surface area contributed by atoms with Crippen LogP contribution in [0.1, 0.15) is 19.5 Å². The maximum absolute atomic E-state index is 13.0. The molecule has 0 amide bonds. The molecule has 0 aliphatic rings. The van der Waals surface area contributed by atoms with Gasteiger partial charge in [-0.2, -0.15) is 0 Å². The van der Waals surface area contributed by atoms with Gasteiger partial charge in [0.1, 0.15) is 0 Å². The zero-order chi connectivity index (χ0) is 19.0. The SMILES string of the molecule is CC(C)Cc1cc(-c2c(-c3ccccc3)c3cc(Cl)ccc3[nH]c2=O)on1. The normalized spacial score (nSPS) is 11.4. The van der Waals surface area contributed by atoms with Crippen LogP contribution >= 0.6 is 11.6 Å². The molecule has 4 nitrogen and oxygen atoms in total. The van der Waals surface area contributed by atoms with Gasteiger partial charge in [0.05, 0.1) is 11.3 Å². The molecule has 0 atom stereocenters. The van der Waals surface area contributed by atoms with E-state index in [2.05, 4.69) is 24.0 Å². The number of pyridine rings is 1. The van der Waals surface area contributed by atoms with E-state index in [-0.39, 0.29) is 5.56 Å². The highest BCUT2D eigenvalue weighted by atomic mass is 35.5.